The molecule has 0 saturated heterocycles. The van der Waals surface area contributed by atoms with Gasteiger partial charge in [0, 0.05) is 6.61 Å². The van der Waals surface area contributed by atoms with Gasteiger partial charge in [-0.05, 0) is 59.9 Å². The van der Waals surface area contributed by atoms with Gasteiger partial charge in [0.1, 0.15) is 0 Å². The van der Waals surface area contributed by atoms with Crippen molar-refractivity contribution in [1.82, 2.24) is 0 Å². The van der Waals surface area contributed by atoms with E-state index in [1.807, 2.05) is 0 Å². The molecular weight excluding hydrogens is 320 g/mol. The van der Waals surface area contributed by atoms with Crippen molar-refractivity contribution in [3.8, 4) is 0 Å². The maximum atomic E-state index is 6.77. The molecule has 0 N–H and O–H groups in total. The maximum absolute atomic E-state index is 6.77. The number of hydrogen-bond acceptors (Lipinski definition) is 1. The molecule has 0 heterocycles. The van der Waals surface area contributed by atoms with Gasteiger partial charge in [-0.25, -0.2) is 0 Å². The van der Waals surface area contributed by atoms with Gasteiger partial charge in [0.25, 0.3) is 8.32 Å². The molecule has 3 aromatic carbocycles. The molecule has 25 heavy (non-hydrogen) atoms. The average Bonchev–Trinajstić information content (AvgIpc) is 2.62. The summed E-state index contributed by atoms with van der Waals surface area (Å²) in [5, 5.41) is 4.04. The molecule has 0 saturated carbocycles. The number of benzene rings is 3. The van der Waals surface area contributed by atoms with Gasteiger partial charge in [0.2, 0.25) is 0 Å². The minimum Gasteiger partial charge on any atom is -0.405 e. The van der Waals surface area contributed by atoms with Crippen LogP contribution in [0.4, 0.5) is 0 Å². The largest absolute Gasteiger partial charge is 0.405 e. The van der Waals surface area contributed by atoms with Crippen molar-refractivity contribution in [2.75, 3.05) is 6.61 Å². The summed E-state index contributed by atoms with van der Waals surface area (Å²) in [5.74, 6) is 0. The first kappa shape index (κ1) is 17.7. The molecule has 0 aliphatic rings. The van der Waals surface area contributed by atoms with Crippen LogP contribution < -0.4 is 15.6 Å². The normalized spacial score (nSPS) is 11.5. The highest BCUT2D eigenvalue weighted by molar-refractivity contribution is 7.07. The molecule has 0 aromatic heterocycles. The molecule has 0 fully saturated rings. The second-order valence-electron chi connectivity index (χ2n) is 6.56. The van der Waals surface area contributed by atoms with E-state index in [9.17, 15) is 0 Å². The van der Waals surface area contributed by atoms with E-state index in [0.717, 1.165) is 0 Å². The monoisotopic (exact) mass is 346 g/mol. The number of aryl methyl sites for hydroxylation is 3. The molecule has 0 bridgehead atoms. The van der Waals surface area contributed by atoms with Crippen molar-refractivity contribution in [2.45, 2.75) is 27.7 Å². The van der Waals surface area contributed by atoms with Crippen LogP contribution in [-0.4, -0.2) is 14.9 Å². The fourth-order valence-corrected chi connectivity index (χ4v) is 8.47. The Balaban J connectivity index is 2.44. The zero-order valence-corrected chi connectivity index (χ0v) is 16.5. The lowest BCUT2D eigenvalue weighted by Gasteiger charge is -2.35. The summed E-state index contributed by atoms with van der Waals surface area (Å²) >= 11 is 0. The third kappa shape index (κ3) is 3.08. The number of hydrogen-bond donors (Lipinski definition) is 0. The van der Waals surface area contributed by atoms with Gasteiger partial charge in [-0.3, -0.25) is 0 Å². The van der Waals surface area contributed by atoms with E-state index in [0.29, 0.717) is 6.61 Å². The summed E-state index contributed by atoms with van der Waals surface area (Å²) < 4.78 is 6.77. The maximum Gasteiger partial charge on any atom is 0.289 e. The third-order valence-electron chi connectivity index (χ3n) is 4.93. The van der Waals surface area contributed by atoms with Gasteiger partial charge >= 0.3 is 0 Å². The molecule has 0 amide bonds. The van der Waals surface area contributed by atoms with Crippen molar-refractivity contribution < 1.29 is 4.43 Å². The van der Waals surface area contributed by atoms with E-state index < -0.39 is 8.32 Å². The predicted molar refractivity (Wildman–Crippen MR) is 110 cm³/mol. The fourth-order valence-electron chi connectivity index (χ4n) is 3.79. The highest BCUT2D eigenvalue weighted by atomic mass is 28.4. The van der Waals surface area contributed by atoms with E-state index in [-0.39, 0.29) is 0 Å². The van der Waals surface area contributed by atoms with Crippen LogP contribution >= 0.6 is 0 Å². The molecule has 128 valence electrons. The van der Waals surface area contributed by atoms with Crippen LogP contribution in [0.15, 0.2) is 72.8 Å². The summed E-state index contributed by atoms with van der Waals surface area (Å²) in [6, 6.07) is 26.1. The van der Waals surface area contributed by atoms with Crippen molar-refractivity contribution in [1.29, 1.82) is 0 Å². The van der Waals surface area contributed by atoms with E-state index in [4.69, 9.17) is 4.43 Å². The summed E-state index contributed by atoms with van der Waals surface area (Å²) in [7, 11) is -2.56. The standard InChI is InChI=1S/C23H26OSi/c1-5-24-25(21-15-9-6-12-18(21)2,22-16-10-7-13-19(22)3)23-17-11-8-14-20(23)4/h6-17H,5H2,1-4H3. The van der Waals surface area contributed by atoms with Crippen LogP contribution in [-0.2, 0) is 4.43 Å². The summed E-state index contributed by atoms with van der Waals surface area (Å²) in [6.07, 6.45) is 0. The zero-order chi connectivity index (χ0) is 17.9. The third-order valence-corrected chi connectivity index (χ3v) is 9.61. The van der Waals surface area contributed by atoms with Crippen molar-refractivity contribution in [3.63, 3.8) is 0 Å². The van der Waals surface area contributed by atoms with Crippen LogP contribution in [0.25, 0.3) is 0 Å². The van der Waals surface area contributed by atoms with Crippen LogP contribution in [0.3, 0.4) is 0 Å². The Kier molecular flexibility index (Phi) is 5.21. The summed E-state index contributed by atoms with van der Waals surface area (Å²) in [5.41, 5.74) is 3.90. The van der Waals surface area contributed by atoms with E-state index in [2.05, 4.69) is 100 Å². The Hall–Kier alpha value is -2.16. The van der Waals surface area contributed by atoms with Crippen LogP contribution in [0, 0.1) is 20.8 Å². The minimum atomic E-state index is -2.56. The lowest BCUT2D eigenvalue weighted by molar-refractivity contribution is 0.347. The Bertz CT molecular complexity index is 758. The molecule has 3 rings (SSSR count). The lowest BCUT2D eigenvalue weighted by Crippen LogP contribution is -2.71. The second-order valence-corrected chi connectivity index (χ2v) is 9.83. The SMILES string of the molecule is CCO[Si](c1ccccc1C)(c1ccccc1C)c1ccccc1C. The van der Waals surface area contributed by atoms with Gasteiger partial charge in [0.05, 0.1) is 0 Å². The lowest BCUT2D eigenvalue weighted by atomic mass is 10.2. The Morgan fingerprint density at radius 2 is 0.920 bits per heavy atom. The fraction of sp³-hybridized carbons (Fsp3) is 0.217. The summed E-state index contributed by atoms with van der Waals surface area (Å²) in [4.78, 5) is 0. The van der Waals surface area contributed by atoms with Gasteiger partial charge < -0.3 is 4.43 Å². The van der Waals surface area contributed by atoms with Gasteiger partial charge in [-0.2, -0.15) is 0 Å². The molecule has 0 aliphatic heterocycles. The average molecular weight is 347 g/mol. The van der Waals surface area contributed by atoms with Gasteiger partial charge in [-0.15, -0.1) is 0 Å². The van der Waals surface area contributed by atoms with Crippen molar-refractivity contribution in [3.05, 3.63) is 89.5 Å². The first-order chi connectivity index (χ1) is 12.1. The molecule has 0 spiro atoms. The molecule has 0 atom stereocenters. The molecule has 1 nitrogen and oxygen atoms in total. The summed E-state index contributed by atoms with van der Waals surface area (Å²) in [6.45, 7) is 9.41. The molecule has 2 heteroatoms. The van der Waals surface area contributed by atoms with Gasteiger partial charge in [0.15, 0.2) is 0 Å². The molecule has 0 aliphatic carbocycles. The van der Waals surface area contributed by atoms with Crippen molar-refractivity contribution >= 4 is 23.9 Å². The zero-order valence-electron chi connectivity index (χ0n) is 15.5. The Morgan fingerprint density at radius 1 is 0.600 bits per heavy atom. The van der Waals surface area contributed by atoms with Crippen LogP contribution in [0.2, 0.25) is 0 Å². The highest BCUT2D eigenvalue weighted by Gasteiger charge is 2.44. The smallest absolute Gasteiger partial charge is 0.289 e. The molecular formula is C23H26OSi. The first-order valence-corrected chi connectivity index (χ1v) is 10.8. The quantitative estimate of drug-likeness (QED) is 0.506. The molecule has 3 aromatic rings. The van der Waals surface area contributed by atoms with E-state index in [1.165, 1.54) is 32.3 Å². The minimum absolute atomic E-state index is 0.698. The molecule has 0 unspecified atom stereocenters. The highest BCUT2D eigenvalue weighted by Crippen LogP contribution is 2.15. The first-order valence-electron chi connectivity index (χ1n) is 8.93. The van der Waals surface area contributed by atoms with E-state index >= 15 is 0 Å². The van der Waals surface area contributed by atoms with Gasteiger partial charge in [-0.1, -0.05) is 72.8 Å². The van der Waals surface area contributed by atoms with Crippen LogP contribution in [0.5, 0.6) is 0 Å². The topological polar surface area (TPSA) is 9.23 Å². The van der Waals surface area contributed by atoms with Crippen LogP contribution in [0.1, 0.15) is 23.6 Å². The predicted octanol–water partition coefficient (Wildman–Crippen LogP) is 3.62. The van der Waals surface area contributed by atoms with E-state index in [1.54, 1.807) is 0 Å². The van der Waals surface area contributed by atoms with Crippen molar-refractivity contribution in [2.24, 2.45) is 0 Å². The number of rotatable bonds is 5. The Labute approximate surface area is 152 Å². The molecule has 0 radical (unpaired) electrons. The second kappa shape index (κ2) is 7.38. The Morgan fingerprint density at radius 3 is 1.20 bits per heavy atom.